The van der Waals surface area contributed by atoms with E-state index in [9.17, 15) is 9.59 Å². The minimum Gasteiger partial charge on any atom is -0.452 e. The number of benzene rings is 2. The lowest BCUT2D eigenvalue weighted by atomic mass is 9.97. The van der Waals surface area contributed by atoms with E-state index < -0.39 is 12.1 Å². The standard InChI is InChI=1S/C23H25N3O3S/c1-4-15(2)17-9-5-6-10-18(17)26-23(28)16(3)29-22(27)14-30-21-13-24-19-11-7-8-12-20(19)25-21/h5-13,15-16H,4,14H2,1-3H3,(H,26,28). The molecule has 2 aromatic carbocycles. The number of nitrogens with zero attached hydrogens (tertiary/aromatic N) is 2. The molecule has 0 bridgehead atoms. The summed E-state index contributed by atoms with van der Waals surface area (Å²) >= 11 is 1.23. The van der Waals surface area contributed by atoms with E-state index >= 15 is 0 Å². The van der Waals surface area contributed by atoms with Crippen molar-refractivity contribution in [2.45, 2.75) is 44.2 Å². The summed E-state index contributed by atoms with van der Waals surface area (Å²) in [5.74, 6) is -0.463. The average Bonchev–Trinajstić information content (AvgIpc) is 2.77. The Kier molecular flexibility index (Phi) is 7.41. The van der Waals surface area contributed by atoms with Crippen LogP contribution in [-0.2, 0) is 14.3 Å². The van der Waals surface area contributed by atoms with E-state index in [0.717, 1.165) is 28.7 Å². The van der Waals surface area contributed by atoms with Gasteiger partial charge in [0, 0.05) is 5.69 Å². The first-order valence-corrected chi connectivity index (χ1v) is 10.9. The van der Waals surface area contributed by atoms with Crippen LogP contribution in [0.25, 0.3) is 11.0 Å². The van der Waals surface area contributed by atoms with Gasteiger partial charge >= 0.3 is 5.97 Å². The first-order valence-electron chi connectivity index (χ1n) is 9.91. The topological polar surface area (TPSA) is 81.2 Å². The Labute approximate surface area is 180 Å². The van der Waals surface area contributed by atoms with Crippen molar-refractivity contribution in [1.82, 2.24) is 9.97 Å². The van der Waals surface area contributed by atoms with Crippen LogP contribution < -0.4 is 5.32 Å². The second kappa shape index (κ2) is 10.2. The number of carbonyl (C=O) groups excluding carboxylic acids is 2. The van der Waals surface area contributed by atoms with Crippen molar-refractivity contribution in [1.29, 1.82) is 0 Å². The first-order chi connectivity index (χ1) is 14.5. The predicted octanol–water partition coefficient (Wildman–Crippen LogP) is 4.81. The highest BCUT2D eigenvalue weighted by Gasteiger charge is 2.20. The number of hydrogen-bond donors (Lipinski definition) is 1. The number of esters is 1. The van der Waals surface area contributed by atoms with Crippen LogP contribution in [0, 0.1) is 0 Å². The van der Waals surface area contributed by atoms with Crippen molar-refractivity contribution in [2.24, 2.45) is 0 Å². The Morgan fingerprint density at radius 1 is 1.07 bits per heavy atom. The van der Waals surface area contributed by atoms with Crippen LogP contribution in [0.5, 0.6) is 0 Å². The summed E-state index contributed by atoms with van der Waals surface area (Å²) in [5, 5.41) is 3.51. The van der Waals surface area contributed by atoms with Gasteiger partial charge < -0.3 is 10.1 Å². The van der Waals surface area contributed by atoms with Crippen LogP contribution in [0.2, 0.25) is 0 Å². The highest BCUT2D eigenvalue weighted by atomic mass is 32.2. The zero-order valence-corrected chi connectivity index (χ0v) is 18.1. The molecule has 0 saturated carbocycles. The van der Waals surface area contributed by atoms with Crippen LogP contribution in [0.4, 0.5) is 5.69 Å². The lowest BCUT2D eigenvalue weighted by molar-refractivity contribution is -0.150. The van der Waals surface area contributed by atoms with Crippen molar-refractivity contribution in [3.8, 4) is 0 Å². The molecule has 2 unspecified atom stereocenters. The molecule has 0 aliphatic rings. The largest absolute Gasteiger partial charge is 0.452 e. The quantitative estimate of drug-likeness (QED) is 0.414. The minimum absolute atomic E-state index is 0.0497. The maximum Gasteiger partial charge on any atom is 0.317 e. The van der Waals surface area contributed by atoms with Gasteiger partial charge in [-0.1, -0.05) is 55.9 Å². The Morgan fingerprint density at radius 2 is 1.77 bits per heavy atom. The summed E-state index contributed by atoms with van der Waals surface area (Å²) in [6.07, 6.45) is 1.69. The van der Waals surface area contributed by atoms with E-state index in [1.165, 1.54) is 11.8 Å². The number of aromatic nitrogens is 2. The van der Waals surface area contributed by atoms with Crippen molar-refractivity contribution in [3.05, 3.63) is 60.3 Å². The summed E-state index contributed by atoms with van der Waals surface area (Å²) in [6.45, 7) is 5.78. The van der Waals surface area contributed by atoms with Gasteiger partial charge in [-0.05, 0) is 43.0 Å². The number of rotatable bonds is 8. The molecule has 7 heteroatoms. The lowest BCUT2D eigenvalue weighted by Crippen LogP contribution is -2.31. The van der Waals surface area contributed by atoms with Gasteiger partial charge in [0.2, 0.25) is 0 Å². The molecule has 1 heterocycles. The Morgan fingerprint density at radius 3 is 2.53 bits per heavy atom. The van der Waals surface area contributed by atoms with Crippen LogP contribution in [0.1, 0.15) is 38.7 Å². The number of anilines is 1. The number of carbonyl (C=O) groups is 2. The number of thioether (sulfide) groups is 1. The first kappa shape index (κ1) is 21.8. The van der Waals surface area contributed by atoms with Gasteiger partial charge in [-0.25, -0.2) is 4.98 Å². The Bertz CT molecular complexity index is 1040. The molecule has 0 aliphatic heterocycles. The number of fused-ring (bicyclic) bond motifs is 1. The van der Waals surface area contributed by atoms with Crippen LogP contribution >= 0.6 is 11.8 Å². The van der Waals surface area contributed by atoms with Gasteiger partial charge in [0.25, 0.3) is 5.91 Å². The molecule has 156 valence electrons. The maximum absolute atomic E-state index is 12.5. The van der Waals surface area contributed by atoms with Crippen molar-refractivity contribution in [2.75, 3.05) is 11.1 Å². The number of nitrogens with one attached hydrogen (secondary N) is 1. The van der Waals surface area contributed by atoms with Crippen LogP contribution in [-0.4, -0.2) is 33.7 Å². The van der Waals surface area contributed by atoms with Gasteiger partial charge in [-0.3, -0.25) is 14.6 Å². The number of para-hydroxylation sites is 3. The third-order valence-electron chi connectivity index (χ3n) is 4.80. The fourth-order valence-electron chi connectivity index (χ4n) is 2.92. The smallest absolute Gasteiger partial charge is 0.317 e. The van der Waals surface area contributed by atoms with Crippen molar-refractivity contribution < 1.29 is 14.3 Å². The molecule has 0 saturated heterocycles. The zero-order chi connectivity index (χ0) is 21.5. The van der Waals surface area contributed by atoms with E-state index in [1.807, 2.05) is 48.5 Å². The molecule has 0 spiro atoms. The van der Waals surface area contributed by atoms with Crippen molar-refractivity contribution in [3.63, 3.8) is 0 Å². The molecular weight excluding hydrogens is 398 g/mol. The van der Waals surface area contributed by atoms with E-state index in [4.69, 9.17) is 4.74 Å². The molecule has 3 aromatic rings. The number of ether oxygens (including phenoxy) is 1. The molecule has 3 rings (SSSR count). The molecule has 1 amide bonds. The van der Waals surface area contributed by atoms with E-state index in [-0.39, 0.29) is 11.7 Å². The summed E-state index contributed by atoms with van der Waals surface area (Å²) < 4.78 is 5.30. The fraction of sp³-hybridized carbons (Fsp3) is 0.304. The molecule has 30 heavy (non-hydrogen) atoms. The summed E-state index contributed by atoms with van der Waals surface area (Å²) in [7, 11) is 0. The molecule has 0 aliphatic carbocycles. The third-order valence-corrected chi connectivity index (χ3v) is 5.68. The minimum atomic E-state index is -0.897. The van der Waals surface area contributed by atoms with Gasteiger partial charge in [0.15, 0.2) is 6.10 Å². The number of hydrogen-bond acceptors (Lipinski definition) is 6. The molecule has 2 atom stereocenters. The normalized spacial score (nSPS) is 12.9. The third kappa shape index (κ3) is 5.57. The fourth-order valence-corrected chi connectivity index (χ4v) is 3.55. The maximum atomic E-state index is 12.5. The lowest BCUT2D eigenvalue weighted by Gasteiger charge is -2.18. The summed E-state index contributed by atoms with van der Waals surface area (Å²) in [6, 6.07) is 15.2. The summed E-state index contributed by atoms with van der Waals surface area (Å²) in [5.41, 5.74) is 3.38. The monoisotopic (exact) mass is 423 g/mol. The molecular formula is C23H25N3O3S. The SMILES string of the molecule is CCC(C)c1ccccc1NC(=O)C(C)OC(=O)CSc1cnc2ccccc2n1. The van der Waals surface area contributed by atoms with E-state index in [2.05, 4.69) is 29.1 Å². The van der Waals surface area contributed by atoms with Gasteiger partial charge in [0.1, 0.15) is 5.03 Å². The van der Waals surface area contributed by atoms with E-state index in [0.29, 0.717) is 10.9 Å². The summed E-state index contributed by atoms with van der Waals surface area (Å²) in [4.78, 5) is 33.5. The van der Waals surface area contributed by atoms with Crippen LogP contribution in [0.3, 0.4) is 0 Å². The van der Waals surface area contributed by atoms with Crippen LogP contribution in [0.15, 0.2) is 59.8 Å². The van der Waals surface area contributed by atoms with E-state index in [1.54, 1.807) is 13.1 Å². The number of amides is 1. The molecule has 1 N–H and O–H groups in total. The van der Waals surface area contributed by atoms with Gasteiger partial charge in [-0.2, -0.15) is 0 Å². The predicted molar refractivity (Wildman–Crippen MR) is 120 cm³/mol. The molecule has 6 nitrogen and oxygen atoms in total. The van der Waals surface area contributed by atoms with Gasteiger partial charge in [0.05, 0.1) is 23.0 Å². The highest BCUT2D eigenvalue weighted by Crippen LogP contribution is 2.26. The van der Waals surface area contributed by atoms with Crippen molar-refractivity contribution >= 4 is 40.4 Å². The van der Waals surface area contributed by atoms with Gasteiger partial charge in [-0.15, -0.1) is 0 Å². The second-order valence-corrected chi connectivity index (χ2v) is 8.00. The Hall–Kier alpha value is -2.93. The Balaban J connectivity index is 1.54. The second-order valence-electron chi connectivity index (χ2n) is 7.00. The average molecular weight is 424 g/mol. The molecule has 0 fully saturated rings. The highest BCUT2D eigenvalue weighted by molar-refractivity contribution is 7.99. The molecule has 0 radical (unpaired) electrons. The zero-order valence-electron chi connectivity index (χ0n) is 17.3. The molecule has 1 aromatic heterocycles.